The highest BCUT2D eigenvalue weighted by atomic mass is 16.2. The molecule has 0 spiro atoms. The van der Waals surface area contributed by atoms with Crippen LogP contribution in [0.4, 0.5) is 5.69 Å². The molecule has 2 atom stereocenters. The Labute approximate surface area is 168 Å². The van der Waals surface area contributed by atoms with Crippen molar-refractivity contribution in [3.8, 4) is 0 Å². The SMILES string of the molecule is CCC(C)N(C(=O)C1C(C)(C)C1(C)C)C1CC(=O)N(c2ccc(C)cc2)C1=O. The predicted molar refractivity (Wildman–Crippen MR) is 110 cm³/mol. The molecule has 28 heavy (non-hydrogen) atoms. The maximum absolute atomic E-state index is 13.5. The smallest absolute Gasteiger partial charge is 0.257 e. The molecule has 1 aromatic carbocycles. The quantitative estimate of drug-likeness (QED) is 0.723. The number of aryl methyl sites for hydroxylation is 1. The van der Waals surface area contributed by atoms with Gasteiger partial charge in [0.1, 0.15) is 6.04 Å². The van der Waals surface area contributed by atoms with E-state index in [9.17, 15) is 14.4 Å². The number of rotatable bonds is 5. The lowest BCUT2D eigenvalue weighted by molar-refractivity contribution is -0.143. The van der Waals surface area contributed by atoms with Crippen molar-refractivity contribution in [3.05, 3.63) is 29.8 Å². The molecular formula is C23H32N2O3. The molecule has 2 unspecified atom stereocenters. The Morgan fingerprint density at radius 1 is 1.14 bits per heavy atom. The summed E-state index contributed by atoms with van der Waals surface area (Å²) in [5.74, 6) is -0.667. The summed E-state index contributed by atoms with van der Waals surface area (Å²) < 4.78 is 0. The number of amides is 3. The maximum atomic E-state index is 13.5. The van der Waals surface area contributed by atoms with Crippen LogP contribution in [0.25, 0.3) is 0 Å². The van der Waals surface area contributed by atoms with Crippen molar-refractivity contribution < 1.29 is 14.4 Å². The van der Waals surface area contributed by atoms with Crippen molar-refractivity contribution >= 4 is 23.4 Å². The van der Waals surface area contributed by atoms with Crippen LogP contribution in [-0.4, -0.2) is 34.7 Å². The van der Waals surface area contributed by atoms with Crippen molar-refractivity contribution in [1.82, 2.24) is 4.90 Å². The summed E-state index contributed by atoms with van der Waals surface area (Å²) in [5.41, 5.74) is 1.41. The third-order valence-corrected chi connectivity index (χ3v) is 7.34. The van der Waals surface area contributed by atoms with Gasteiger partial charge in [-0.1, -0.05) is 52.3 Å². The van der Waals surface area contributed by atoms with E-state index in [2.05, 4.69) is 27.7 Å². The molecule has 1 heterocycles. The van der Waals surface area contributed by atoms with Crippen molar-refractivity contribution in [2.45, 2.75) is 73.4 Å². The van der Waals surface area contributed by atoms with Crippen LogP contribution in [0, 0.1) is 23.7 Å². The fourth-order valence-corrected chi connectivity index (χ4v) is 4.64. The lowest BCUT2D eigenvalue weighted by Gasteiger charge is -2.33. The first kappa shape index (κ1) is 20.6. The predicted octanol–water partition coefficient (Wildman–Crippen LogP) is 3.94. The summed E-state index contributed by atoms with van der Waals surface area (Å²) in [6, 6.07) is 6.53. The summed E-state index contributed by atoms with van der Waals surface area (Å²) >= 11 is 0. The van der Waals surface area contributed by atoms with Gasteiger partial charge in [-0.3, -0.25) is 14.4 Å². The normalized spacial score (nSPS) is 24.4. The fourth-order valence-electron chi connectivity index (χ4n) is 4.64. The molecule has 3 amide bonds. The molecule has 5 heteroatoms. The molecular weight excluding hydrogens is 352 g/mol. The van der Waals surface area contributed by atoms with Crippen LogP contribution in [0.1, 0.15) is 59.9 Å². The van der Waals surface area contributed by atoms with Crippen LogP contribution in [-0.2, 0) is 14.4 Å². The van der Waals surface area contributed by atoms with Crippen LogP contribution >= 0.6 is 0 Å². The molecule has 1 saturated carbocycles. The zero-order valence-corrected chi connectivity index (χ0v) is 18.1. The zero-order valence-electron chi connectivity index (χ0n) is 18.1. The minimum atomic E-state index is -0.719. The fraction of sp³-hybridized carbons (Fsp3) is 0.609. The standard InChI is InChI=1S/C23H32N2O3/c1-8-15(3)24(21(28)19-22(4,5)23(19,6)7)17-13-18(26)25(20(17)27)16-11-9-14(2)10-12-16/h9-12,15,17,19H,8,13H2,1-7H3. The first-order chi connectivity index (χ1) is 12.9. The first-order valence-electron chi connectivity index (χ1n) is 10.2. The average Bonchev–Trinajstić information content (AvgIpc) is 2.85. The Bertz CT molecular complexity index is 796. The highest BCUT2D eigenvalue weighted by Gasteiger charge is 2.69. The van der Waals surface area contributed by atoms with Crippen molar-refractivity contribution in [1.29, 1.82) is 0 Å². The monoisotopic (exact) mass is 384 g/mol. The van der Waals surface area contributed by atoms with Crippen molar-refractivity contribution in [3.63, 3.8) is 0 Å². The van der Waals surface area contributed by atoms with Gasteiger partial charge in [0, 0.05) is 12.0 Å². The number of benzene rings is 1. The van der Waals surface area contributed by atoms with E-state index in [4.69, 9.17) is 0 Å². The molecule has 1 saturated heterocycles. The van der Waals surface area contributed by atoms with Crippen molar-refractivity contribution in [2.75, 3.05) is 4.90 Å². The highest BCUT2D eigenvalue weighted by molar-refractivity contribution is 6.23. The topological polar surface area (TPSA) is 57.7 Å². The number of carbonyl (C=O) groups excluding carboxylic acids is 3. The third kappa shape index (κ3) is 2.96. The number of hydrogen-bond donors (Lipinski definition) is 0. The minimum absolute atomic E-state index is 0.00116. The molecule has 2 fully saturated rings. The van der Waals surface area contributed by atoms with Gasteiger partial charge in [0.2, 0.25) is 11.8 Å². The molecule has 2 aliphatic rings. The van der Waals surface area contributed by atoms with E-state index in [1.165, 1.54) is 4.90 Å². The average molecular weight is 385 g/mol. The van der Waals surface area contributed by atoms with Crippen LogP contribution in [0.3, 0.4) is 0 Å². The molecule has 0 N–H and O–H groups in total. The second kappa shape index (κ2) is 6.71. The van der Waals surface area contributed by atoms with Gasteiger partial charge in [-0.15, -0.1) is 0 Å². The van der Waals surface area contributed by atoms with Gasteiger partial charge in [-0.05, 0) is 43.2 Å². The lowest BCUT2D eigenvalue weighted by atomic mass is 10.0. The largest absolute Gasteiger partial charge is 0.327 e. The Hall–Kier alpha value is -2.17. The number of imide groups is 1. The van der Waals surface area contributed by atoms with E-state index in [0.29, 0.717) is 5.69 Å². The zero-order chi connectivity index (χ0) is 21.0. The first-order valence-corrected chi connectivity index (χ1v) is 10.2. The van der Waals surface area contributed by atoms with Crippen LogP contribution in [0.15, 0.2) is 24.3 Å². The summed E-state index contributed by atoms with van der Waals surface area (Å²) in [6.45, 7) is 14.3. The third-order valence-electron chi connectivity index (χ3n) is 7.34. The highest BCUT2D eigenvalue weighted by Crippen LogP contribution is 2.69. The van der Waals surface area contributed by atoms with E-state index >= 15 is 0 Å². The van der Waals surface area contributed by atoms with Gasteiger partial charge >= 0.3 is 0 Å². The number of carbonyl (C=O) groups is 3. The summed E-state index contributed by atoms with van der Waals surface area (Å²) in [7, 11) is 0. The van der Waals surface area contributed by atoms with E-state index in [-0.39, 0.29) is 46.9 Å². The van der Waals surface area contributed by atoms with E-state index < -0.39 is 6.04 Å². The molecule has 1 aliphatic heterocycles. The van der Waals surface area contributed by atoms with Gasteiger partial charge in [0.15, 0.2) is 0 Å². The molecule has 0 bridgehead atoms. The molecule has 1 aromatic rings. The number of hydrogen-bond acceptors (Lipinski definition) is 3. The van der Waals surface area contributed by atoms with Crippen LogP contribution in [0.2, 0.25) is 0 Å². The Morgan fingerprint density at radius 2 is 1.68 bits per heavy atom. The molecule has 0 radical (unpaired) electrons. The Morgan fingerprint density at radius 3 is 2.14 bits per heavy atom. The van der Waals surface area contributed by atoms with Gasteiger partial charge < -0.3 is 4.90 Å². The number of anilines is 1. The second-order valence-corrected chi connectivity index (χ2v) is 9.50. The lowest BCUT2D eigenvalue weighted by Crippen LogP contribution is -2.51. The molecule has 5 nitrogen and oxygen atoms in total. The summed E-state index contributed by atoms with van der Waals surface area (Å²) in [6.07, 6.45) is 0.790. The van der Waals surface area contributed by atoms with Gasteiger partial charge in [0.05, 0.1) is 12.1 Å². The molecule has 152 valence electrons. The molecule has 0 aromatic heterocycles. The van der Waals surface area contributed by atoms with Crippen LogP contribution < -0.4 is 4.90 Å². The van der Waals surface area contributed by atoms with Gasteiger partial charge in [0.25, 0.3) is 5.91 Å². The molecule has 3 rings (SSSR count). The van der Waals surface area contributed by atoms with E-state index in [1.54, 1.807) is 17.0 Å². The van der Waals surface area contributed by atoms with E-state index in [1.807, 2.05) is 32.9 Å². The maximum Gasteiger partial charge on any atom is 0.257 e. The van der Waals surface area contributed by atoms with Crippen LogP contribution in [0.5, 0.6) is 0 Å². The Balaban J connectivity index is 1.92. The van der Waals surface area contributed by atoms with Gasteiger partial charge in [-0.25, -0.2) is 4.90 Å². The number of nitrogens with zero attached hydrogens (tertiary/aromatic N) is 2. The summed E-state index contributed by atoms with van der Waals surface area (Å²) in [5, 5.41) is 0. The van der Waals surface area contributed by atoms with Crippen molar-refractivity contribution in [2.24, 2.45) is 16.7 Å². The molecule has 1 aliphatic carbocycles. The van der Waals surface area contributed by atoms with E-state index in [0.717, 1.165) is 12.0 Å². The Kier molecular flexibility index (Phi) is 4.93. The minimum Gasteiger partial charge on any atom is -0.327 e. The second-order valence-electron chi connectivity index (χ2n) is 9.50. The summed E-state index contributed by atoms with van der Waals surface area (Å²) in [4.78, 5) is 42.4. The van der Waals surface area contributed by atoms with Gasteiger partial charge in [-0.2, -0.15) is 0 Å².